The van der Waals surface area contributed by atoms with Crippen molar-refractivity contribution in [1.82, 2.24) is 5.16 Å². The molecule has 2 rings (SSSR count). The molecule has 2 N–H and O–H groups in total. The maximum Gasteiger partial charge on any atom is 0.163 e. The van der Waals surface area contributed by atoms with E-state index < -0.39 is 0 Å². The second kappa shape index (κ2) is 4.85. The minimum absolute atomic E-state index is 0.0944. The molecule has 1 heterocycles. The minimum Gasteiger partial charge on any atom is -0.356 e. The molecule has 0 aliphatic heterocycles. The summed E-state index contributed by atoms with van der Waals surface area (Å²) in [5.74, 6) is 0.801. The summed E-state index contributed by atoms with van der Waals surface area (Å²) in [7, 11) is 0. The van der Waals surface area contributed by atoms with Gasteiger partial charge in [-0.3, -0.25) is 0 Å². The van der Waals surface area contributed by atoms with Crippen LogP contribution in [0, 0.1) is 0 Å². The summed E-state index contributed by atoms with van der Waals surface area (Å²) in [6, 6.07) is 1.81. The second-order valence-corrected chi connectivity index (χ2v) is 4.55. The Hall–Kier alpha value is -1.06. The third-order valence-electron chi connectivity index (χ3n) is 2.64. The van der Waals surface area contributed by atoms with E-state index in [4.69, 9.17) is 21.9 Å². The summed E-state index contributed by atoms with van der Waals surface area (Å²) in [4.78, 5) is 0. The van der Waals surface area contributed by atoms with Gasteiger partial charge in [-0.15, -0.1) is 0 Å². The number of nitrogens with two attached hydrogens (primary N) is 1. The lowest BCUT2D eigenvalue weighted by Crippen LogP contribution is -2.04. The molecule has 1 aromatic heterocycles. The van der Waals surface area contributed by atoms with Crippen LogP contribution in [0.15, 0.2) is 27.8 Å². The second-order valence-electron chi connectivity index (χ2n) is 4.06. The third-order valence-corrected chi connectivity index (χ3v) is 2.95. The van der Waals surface area contributed by atoms with Gasteiger partial charge in [0.1, 0.15) is 5.69 Å². The molecular formula is C12H15ClN2O. The van der Waals surface area contributed by atoms with E-state index in [9.17, 15) is 0 Å². The molecule has 0 saturated heterocycles. The van der Waals surface area contributed by atoms with Gasteiger partial charge in [0.05, 0.1) is 0 Å². The molecule has 0 amide bonds. The number of halogens is 1. The zero-order chi connectivity index (χ0) is 11.5. The molecule has 0 fully saturated rings. The molecule has 1 aliphatic carbocycles. The Morgan fingerprint density at radius 1 is 1.44 bits per heavy atom. The van der Waals surface area contributed by atoms with Crippen LogP contribution in [0.2, 0.25) is 0 Å². The van der Waals surface area contributed by atoms with Gasteiger partial charge in [-0.25, -0.2) is 0 Å². The van der Waals surface area contributed by atoms with Crippen LogP contribution < -0.4 is 5.73 Å². The Balaban J connectivity index is 2.23. The van der Waals surface area contributed by atoms with Crippen molar-refractivity contribution in [1.29, 1.82) is 0 Å². The van der Waals surface area contributed by atoms with Gasteiger partial charge in [-0.1, -0.05) is 22.8 Å². The Labute approximate surface area is 99.9 Å². The highest BCUT2D eigenvalue weighted by Crippen LogP contribution is 2.28. The number of hydrogen-bond donors (Lipinski definition) is 1. The van der Waals surface area contributed by atoms with Gasteiger partial charge in [-0.05, 0) is 37.8 Å². The topological polar surface area (TPSA) is 52.0 Å². The van der Waals surface area contributed by atoms with Gasteiger partial charge in [0.25, 0.3) is 0 Å². The summed E-state index contributed by atoms with van der Waals surface area (Å²) < 4.78 is 5.29. The van der Waals surface area contributed by atoms with E-state index in [2.05, 4.69) is 5.16 Å². The monoisotopic (exact) mass is 238 g/mol. The van der Waals surface area contributed by atoms with Gasteiger partial charge in [0.2, 0.25) is 0 Å². The number of aromatic nitrogens is 1. The van der Waals surface area contributed by atoms with E-state index in [-0.39, 0.29) is 6.04 Å². The predicted molar refractivity (Wildman–Crippen MR) is 64.9 cm³/mol. The molecule has 1 unspecified atom stereocenters. The SMILES string of the molecule is CC(N)c1cc(C2=CC=C(Cl)CCC2)on1. The Morgan fingerprint density at radius 2 is 2.25 bits per heavy atom. The van der Waals surface area contributed by atoms with Gasteiger partial charge in [0, 0.05) is 17.1 Å². The Kier molecular flexibility index (Phi) is 3.46. The molecule has 0 saturated carbocycles. The first-order chi connectivity index (χ1) is 7.66. The van der Waals surface area contributed by atoms with Crippen LogP contribution in [0.4, 0.5) is 0 Å². The zero-order valence-corrected chi connectivity index (χ0v) is 10.00. The van der Waals surface area contributed by atoms with Crippen LogP contribution in [-0.4, -0.2) is 5.16 Å². The standard InChI is InChI=1S/C12H15ClN2O/c1-8(14)11-7-12(16-15-11)9-3-2-4-10(13)6-5-9/h5-8H,2-4,14H2,1H3. The van der Waals surface area contributed by atoms with Gasteiger partial charge < -0.3 is 10.3 Å². The van der Waals surface area contributed by atoms with Crippen molar-refractivity contribution in [3.63, 3.8) is 0 Å². The van der Waals surface area contributed by atoms with Crippen molar-refractivity contribution >= 4 is 17.2 Å². The highest BCUT2D eigenvalue weighted by molar-refractivity contribution is 6.29. The first-order valence-corrected chi connectivity index (χ1v) is 5.82. The summed E-state index contributed by atoms with van der Waals surface area (Å²) in [5, 5.41) is 4.84. The highest BCUT2D eigenvalue weighted by Gasteiger charge is 2.13. The fourth-order valence-electron chi connectivity index (χ4n) is 1.67. The van der Waals surface area contributed by atoms with E-state index in [1.807, 2.05) is 25.1 Å². The molecule has 1 aromatic rings. The van der Waals surface area contributed by atoms with Gasteiger partial charge >= 0.3 is 0 Å². The molecule has 0 radical (unpaired) electrons. The predicted octanol–water partition coefficient (Wildman–Crippen LogP) is 3.38. The maximum atomic E-state index is 5.98. The lowest BCUT2D eigenvalue weighted by molar-refractivity contribution is 0.397. The molecular weight excluding hydrogens is 224 g/mol. The van der Waals surface area contributed by atoms with Crippen molar-refractivity contribution < 1.29 is 4.52 Å². The minimum atomic E-state index is -0.0944. The molecule has 3 nitrogen and oxygen atoms in total. The summed E-state index contributed by atoms with van der Waals surface area (Å²) in [5.41, 5.74) is 7.66. The quantitative estimate of drug-likeness (QED) is 0.859. The first kappa shape index (κ1) is 11.4. The van der Waals surface area contributed by atoms with Crippen LogP contribution in [0.25, 0.3) is 5.57 Å². The van der Waals surface area contributed by atoms with Crippen molar-refractivity contribution in [2.24, 2.45) is 5.73 Å². The van der Waals surface area contributed by atoms with Crippen LogP contribution in [-0.2, 0) is 0 Å². The number of hydrogen-bond acceptors (Lipinski definition) is 3. The van der Waals surface area contributed by atoms with Gasteiger partial charge in [-0.2, -0.15) is 0 Å². The van der Waals surface area contributed by atoms with Crippen molar-refractivity contribution in [3.05, 3.63) is 34.7 Å². The molecule has 0 aromatic carbocycles. The zero-order valence-electron chi connectivity index (χ0n) is 9.24. The Morgan fingerprint density at radius 3 is 2.94 bits per heavy atom. The van der Waals surface area contributed by atoms with E-state index >= 15 is 0 Å². The summed E-state index contributed by atoms with van der Waals surface area (Å²) in [6.45, 7) is 1.89. The van der Waals surface area contributed by atoms with Crippen LogP contribution in [0.3, 0.4) is 0 Å². The average Bonchev–Trinajstić information content (AvgIpc) is 2.63. The molecule has 1 atom stereocenters. The van der Waals surface area contributed by atoms with Crippen LogP contribution in [0.1, 0.15) is 43.7 Å². The highest BCUT2D eigenvalue weighted by atomic mass is 35.5. The fraction of sp³-hybridized carbons (Fsp3) is 0.417. The number of allylic oxidation sites excluding steroid dienone is 4. The number of rotatable bonds is 2. The van der Waals surface area contributed by atoms with Crippen LogP contribution >= 0.6 is 11.6 Å². The smallest absolute Gasteiger partial charge is 0.163 e. The Bertz CT molecular complexity index is 432. The lowest BCUT2D eigenvalue weighted by Gasteiger charge is -1.98. The van der Waals surface area contributed by atoms with E-state index in [1.165, 1.54) is 0 Å². The summed E-state index contributed by atoms with van der Waals surface area (Å²) >= 11 is 5.98. The van der Waals surface area contributed by atoms with Crippen molar-refractivity contribution in [3.8, 4) is 0 Å². The van der Waals surface area contributed by atoms with Gasteiger partial charge in [0.15, 0.2) is 5.76 Å². The lowest BCUT2D eigenvalue weighted by atomic mass is 10.1. The normalized spacial score (nSPS) is 18.7. The van der Waals surface area contributed by atoms with Crippen molar-refractivity contribution in [2.75, 3.05) is 0 Å². The third kappa shape index (κ3) is 2.54. The molecule has 16 heavy (non-hydrogen) atoms. The van der Waals surface area contributed by atoms with Crippen LogP contribution in [0.5, 0.6) is 0 Å². The van der Waals surface area contributed by atoms with E-state index in [0.29, 0.717) is 0 Å². The van der Waals surface area contributed by atoms with Crippen molar-refractivity contribution in [2.45, 2.75) is 32.2 Å². The van der Waals surface area contributed by atoms with E-state index in [0.717, 1.165) is 41.3 Å². The molecule has 0 bridgehead atoms. The summed E-state index contributed by atoms with van der Waals surface area (Å²) in [6.07, 6.45) is 6.85. The van der Waals surface area contributed by atoms with E-state index in [1.54, 1.807) is 0 Å². The molecule has 86 valence electrons. The number of nitrogens with zero attached hydrogens (tertiary/aromatic N) is 1. The largest absolute Gasteiger partial charge is 0.356 e. The maximum absolute atomic E-state index is 5.98. The molecule has 0 spiro atoms. The first-order valence-electron chi connectivity index (χ1n) is 5.44. The average molecular weight is 239 g/mol. The molecule has 4 heteroatoms. The molecule has 1 aliphatic rings. The fourth-order valence-corrected chi connectivity index (χ4v) is 1.86.